The van der Waals surface area contributed by atoms with Gasteiger partial charge in [-0.1, -0.05) is 11.8 Å². The van der Waals surface area contributed by atoms with Gasteiger partial charge in [0.05, 0.1) is 16.7 Å². The second-order valence-corrected chi connectivity index (χ2v) is 10.7. The first-order chi connectivity index (χ1) is 14.4. The lowest BCUT2D eigenvalue weighted by atomic mass is 10.0. The Labute approximate surface area is 180 Å². The number of benzene rings is 1. The Balaban J connectivity index is 1.51. The van der Waals surface area contributed by atoms with Gasteiger partial charge < -0.3 is 4.90 Å². The predicted octanol–water partition coefficient (Wildman–Crippen LogP) is 2.11. The van der Waals surface area contributed by atoms with E-state index in [-0.39, 0.29) is 17.7 Å². The molecule has 0 N–H and O–H groups in total. The Bertz CT molecular complexity index is 1030. The monoisotopic (exact) mass is 450 g/mol. The summed E-state index contributed by atoms with van der Waals surface area (Å²) in [7, 11) is -3.46. The normalized spacial score (nSPS) is 17.5. The lowest BCUT2D eigenvalue weighted by molar-refractivity contribution is -0.116. The van der Waals surface area contributed by atoms with Crippen molar-refractivity contribution in [1.82, 2.24) is 24.5 Å². The van der Waals surface area contributed by atoms with E-state index in [1.54, 1.807) is 32.1 Å². The minimum atomic E-state index is -3.46. The number of fused-ring (bicyclic) bond motifs is 1. The van der Waals surface area contributed by atoms with E-state index in [9.17, 15) is 13.2 Å². The number of anilines is 1. The van der Waals surface area contributed by atoms with Crippen LogP contribution in [0.15, 0.2) is 28.3 Å². The van der Waals surface area contributed by atoms with Crippen molar-refractivity contribution in [3.8, 4) is 0 Å². The molecule has 1 aromatic heterocycles. The van der Waals surface area contributed by atoms with E-state index < -0.39 is 10.0 Å². The van der Waals surface area contributed by atoms with Gasteiger partial charge in [0.25, 0.3) is 0 Å². The van der Waals surface area contributed by atoms with Crippen molar-refractivity contribution in [3.05, 3.63) is 23.8 Å². The number of sulfonamides is 1. The minimum Gasteiger partial charge on any atom is -0.311 e. The van der Waals surface area contributed by atoms with Crippen molar-refractivity contribution in [2.24, 2.45) is 0 Å². The number of nitrogens with zero attached hydrogens (tertiary/aromatic N) is 6. The Kier molecular flexibility index (Phi) is 6.12. The van der Waals surface area contributed by atoms with Gasteiger partial charge in [0, 0.05) is 25.3 Å². The molecule has 1 fully saturated rings. The Morgan fingerprint density at radius 3 is 2.67 bits per heavy atom. The summed E-state index contributed by atoms with van der Waals surface area (Å²) in [5.74, 6) is 0.190. The van der Waals surface area contributed by atoms with E-state index in [0.717, 1.165) is 36.9 Å². The highest BCUT2D eigenvalue weighted by Crippen LogP contribution is 2.32. The summed E-state index contributed by atoms with van der Waals surface area (Å²) in [4.78, 5) is 15.0. The first-order valence-corrected chi connectivity index (χ1v) is 12.6. The third kappa shape index (κ3) is 4.10. The summed E-state index contributed by atoms with van der Waals surface area (Å²) in [5.41, 5.74) is 1.71. The van der Waals surface area contributed by atoms with Crippen LogP contribution in [0.4, 0.5) is 5.69 Å². The average molecular weight is 451 g/mol. The summed E-state index contributed by atoms with van der Waals surface area (Å²) in [6, 6.07) is 5.27. The molecule has 0 atom stereocenters. The molecule has 9 nitrogen and oxygen atoms in total. The van der Waals surface area contributed by atoms with E-state index in [1.165, 1.54) is 11.8 Å². The fraction of sp³-hybridized carbons (Fsp3) is 0.579. The third-order valence-electron chi connectivity index (χ3n) is 5.45. The molecular formula is C19H26N6O3S2. The summed E-state index contributed by atoms with van der Waals surface area (Å²) < 4.78 is 29.0. The van der Waals surface area contributed by atoms with Crippen LogP contribution < -0.4 is 4.90 Å². The Morgan fingerprint density at radius 2 is 1.93 bits per heavy atom. The predicted molar refractivity (Wildman–Crippen MR) is 114 cm³/mol. The number of carbonyl (C=O) groups is 1. The summed E-state index contributed by atoms with van der Waals surface area (Å²) in [6.07, 6.45) is 3.38. The van der Waals surface area contributed by atoms with E-state index in [2.05, 4.69) is 15.5 Å². The number of thioether (sulfide) groups is 1. The zero-order chi connectivity index (χ0) is 21.3. The molecule has 0 radical (unpaired) electrons. The van der Waals surface area contributed by atoms with Crippen LogP contribution in [0.2, 0.25) is 0 Å². The maximum Gasteiger partial charge on any atom is 0.243 e. The second kappa shape index (κ2) is 8.64. The molecule has 11 heteroatoms. The maximum atomic E-state index is 12.9. The standard InChI is InChI=1S/C19H26N6O3S2/c1-14(2)25-19(20-21-22-25)29-13-18(26)24-11-5-6-15-12-16(7-8-17(15)24)30(27,28)23-9-3-4-10-23/h7-8,12,14H,3-6,9-11,13H2,1-2H3. The quantitative estimate of drug-likeness (QED) is 0.621. The SMILES string of the molecule is CC(C)n1nnnc1SCC(=O)N1CCCc2cc(S(=O)(=O)N3CCCC3)ccc21. The van der Waals surface area contributed by atoms with Crippen molar-refractivity contribution in [2.75, 3.05) is 30.3 Å². The first kappa shape index (κ1) is 21.3. The molecule has 162 valence electrons. The van der Waals surface area contributed by atoms with E-state index in [0.29, 0.717) is 29.7 Å². The highest BCUT2D eigenvalue weighted by atomic mass is 32.2. The number of aromatic nitrogens is 4. The van der Waals surface area contributed by atoms with E-state index >= 15 is 0 Å². The van der Waals surface area contributed by atoms with Crippen molar-refractivity contribution in [2.45, 2.75) is 55.6 Å². The number of hydrogen-bond acceptors (Lipinski definition) is 7. The Morgan fingerprint density at radius 1 is 1.17 bits per heavy atom. The van der Waals surface area contributed by atoms with Crippen molar-refractivity contribution < 1.29 is 13.2 Å². The van der Waals surface area contributed by atoms with Crippen LogP contribution in [0.3, 0.4) is 0 Å². The second-order valence-electron chi connectivity index (χ2n) is 7.84. The van der Waals surface area contributed by atoms with Gasteiger partial charge in [-0.2, -0.15) is 4.31 Å². The molecule has 2 aliphatic heterocycles. The zero-order valence-electron chi connectivity index (χ0n) is 17.2. The topological polar surface area (TPSA) is 101 Å². The molecule has 0 saturated carbocycles. The highest BCUT2D eigenvalue weighted by Gasteiger charge is 2.30. The molecule has 0 aliphatic carbocycles. The summed E-state index contributed by atoms with van der Waals surface area (Å²) in [6.45, 7) is 5.75. The lowest BCUT2D eigenvalue weighted by Gasteiger charge is -2.30. The van der Waals surface area contributed by atoms with Gasteiger partial charge in [-0.15, -0.1) is 5.10 Å². The van der Waals surface area contributed by atoms with Crippen LogP contribution in [0.1, 0.15) is 44.7 Å². The number of hydrogen-bond donors (Lipinski definition) is 0. The van der Waals surface area contributed by atoms with Gasteiger partial charge in [-0.25, -0.2) is 13.1 Å². The number of rotatable bonds is 6. The van der Waals surface area contributed by atoms with E-state index in [1.807, 2.05) is 13.8 Å². The first-order valence-electron chi connectivity index (χ1n) is 10.2. The number of amides is 1. The molecule has 30 heavy (non-hydrogen) atoms. The third-order valence-corrected chi connectivity index (χ3v) is 8.26. The highest BCUT2D eigenvalue weighted by molar-refractivity contribution is 7.99. The summed E-state index contributed by atoms with van der Waals surface area (Å²) in [5, 5.41) is 12.3. The number of aryl methyl sites for hydroxylation is 1. The summed E-state index contributed by atoms with van der Waals surface area (Å²) >= 11 is 1.32. The van der Waals surface area contributed by atoms with Crippen LogP contribution >= 0.6 is 11.8 Å². The maximum absolute atomic E-state index is 12.9. The number of tetrazole rings is 1. The van der Waals surface area contributed by atoms with Crippen LogP contribution in [-0.2, 0) is 21.2 Å². The van der Waals surface area contributed by atoms with Crippen LogP contribution in [0.25, 0.3) is 0 Å². The molecule has 0 unspecified atom stereocenters. The van der Waals surface area contributed by atoms with Gasteiger partial charge in [0.1, 0.15) is 0 Å². The van der Waals surface area contributed by atoms with E-state index in [4.69, 9.17) is 0 Å². The van der Waals surface area contributed by atoms with Crippen molar-refractivity contribution in [1.29, 1.82) is 0 Å². The van der Waals surface area contributed by atoms with Gasteiger partial charge >= 0.3 is 0 Å². The molecule has 2 aliphatic rings. The average Bonchev–Trinajstić information content (AvgIpc) is 3.43. The molecule has 1 aromatic carbocycles. The molecular weight excluding hydrogens is 424 g/mol. The van der Waals surface area contributed by atoms with Crippen LogP contribution in [0, 0.1) is 0 Å². The fourth-order valence-corrected chi connectivity index (χ4v) is 6.33. The smallest absolute Gasteiger partial charge is 0.243 e. The van der Waals surface area contributed by atoms with Gasteiger partial charge in [-0.3, -0.25) is 4.79 Å². The lowest BCUT2D eigenvalue weighted by Crippen LogP contribution is -2.37. The number of carbonyl (C=O) groups excluding carboxylic acids is 1. The molecule has 2 aromatic rings. The largest absolute Gasteiger partial charge is 0.311 e. The van der Waals surface area contributed by atoms with Crippen molar-refractivity contribution >= 4 is 33.4 Å². The van der Waals surface area contributed by atoms with Gasteiger partial charge in [-0.05, 0) is 73.7 Å². The Hall–Kier alpha value is -1.98. The molecule has 0 bridgehead atoms. The molecule has 3 heterocycles. The molecule has 1 amide bonds. The van der Waals surface area contributed by atoms with Crippen LogP contribution in [0.5, 0.6) is 0 Å². The minimum absolute atomic E-state index is 0.0330. The van der Waals surface area contributed by atoms with Gasteiger partial charge in [0.15, 0.2) is 0 Å². The van der Waals surface area contributed by atoms with Crippen molar-refractivity contribution in [3.63, 3.8) is 0 Å². The fourth-order valence-electron chi connectivity index (χ4n) is 3.88. The van der Waals surface area contributed by atoms with Gasteiger partial charge in [0.2, 0.25) is 21.1 Å². The van der Waals surface area contributed by atoms with Crippen LogP contribution in [-0.4, -0.2) is 64.2 Å². The molecule has 4 rings (SSSR count). The zero-order valence-corrected chi connectivity index (χ0v) is 18.8. The molecule has 0 spiro atoms. The molecule has 1 saturated heterocycles.